The van der Waals surface area contributed by atoms with Crippen molar-refractivity contribution in [2.24, 2.45) is 5.92 Å². The monoisotopic (exact) mass is 280 g/mol. The lowest BCUT2D eigenvalue weighted by atomic mass is 9.98. The molecule has 1 aliphatic heterocycles. The van der Waals surface area contributed by atoms with Gasteiger partial charge in [0.05, 0.1) is 19.1 Å². The average Bonchev–Trinajstić information content (AvgIpc) is 2.87. The van der Waals surface area contributed by atoms with E-state index in [1.807, 2.05) is 11.6 Å². The Kier molecular flexibility index (Phi) is 5.11. The first kappa shape index (κ1) is 15.0. The molecule has 1 aromatic rings. The highest BCUT2D eigenvalue weighted by molar-refractivity contribution is 5.72. The lowest BCUT2D eigenvalue weighted by Gasteiger charge is -2.31. The molecule has 0 N–H and O–H groups in total. The van der Waals surface area contributed by atoms with Crippen LogP contribution in [0.3, 0.4) is 0 Å². The Morgan fingerprint density at radius 1 is 1.55 bits per heavy atom. The topological polar surface area (TPSA) is 60.2 Å². The summed E-state index contributed by atoms with van der Waals surface area (Å²) in [5, 5.41) is 4.25. The van der Waals surface area contributed by atoms with E-state index in [0.717, 1.165) is 38.3 Å². The van der Waals surface area contributed by atoms with Crippen molar-refractivity contribution in [3.63, 3.8) is 0 Å². The number of likely N-dealkylation sites (tertiary alicyclic amines) is 1. The van der Waals surface area contributed by atoms with Gasteiger partial charge in [-0.05, 0) is 40.2 Å². The molecule has 0 amide bonds. The highest BCUT2D eigenvalue weighted by atomic mass is 16.5. The van der Waals surface area contributed by atoms with Crippen molar-refractivity contribution < 1.29 is 9.53 Å². The maximum atomic E-state index is 11.8. The molecule has 0 bridgehead atoms. The molecule has 1 saturated heterocycles. The van der Waals surface area contributed by atoms with E-state index >= 15 is 0 Å². The molecule has 1 fully saturated rings. The number of rotatable bonds is 5. The summed E-state index contributed by atoms with van der Waals surface area (Å²) in [5.74, 6) is 0.895. The first-order chi connectivity index (χ1) is 9.61. The van der Waals surface area contributed by atoms with Gasteiger partial charge in [0, 0.05) is 12.6 Å². The quantitative estimate of drug-likeness (QED) is 0.767. The summed E-state index contributed by atoms with van der Waals surface area (Å²) in [6.07, 6.45) is 3.55. The van der Waals surface area contributed by atoms with Crippen molar-refractivity contribution >= 4 is 5.97 Å². The third kappa shape index (κ3) is 3.56. The third-order valence-electron chi connectivity index (χ3n) is 3.63. The number of hydrogen-bond acceptors (Lipinski definition) is 5. The van der Waals surface area contributed by atoms with E-state index in [0.29, 0.717) is 12.6 Å². The lowest BCUT2D eigenvalue weighted by molar-refractivity contribution is -0.150. The maximum Gasteiger partial charge on any atom is 0.310 e. The molecule has 1 atom stereocenters. The van der Waals surface area contributed by atoms with Crippen LogP contribution >= 0.6 is 0 Å². The van der Waals surface area contributed by atoms with Crippen LogP contribution in [0.15, 0.2) is 6.33 Å². The first-order valence-electron chi connectivity index (χ1n) is 7.39. The zero-order valence-corrected chi connectivity index (χ0v) is 12.6. The Morgan fingerprint density at radius 2 is 2.35 bits per heavy atom. The van der Waals surface area contributed by atoms with Gasteiger partial charge in [-0.15, -0.1) is 0 Å². The fourth-order valence-electron chi connectivity index (χ4n) is 2.67. The van der Waals surface area contributed by atoms with E-state index in [1.165, 1.54) is 0 Å². The molecule has 0 radical (unpaired) electrons. The highest BCUT2D eigenvalue weighted by Crippen LogP contribution is 2.20. The predicted molar refractivity (Wildman–Crippen MR) is 75.0 cm³/mol. The maximum absolute atomic E-state index is 11.8. The van der Waals surface area contributed by atoms with Gasteiger partial charge in [-0.2, -0.15) is 5.10 Å². The number of hydrogen-bond donors (Lipinski definition) is 0. The summed E-state index contributed by atoms with van der Waals surface area (Å²) in [6.45, 7) is 8.99. The second-order valence-electron chi connectivity index (χ2n) is 5.54. The second-order valence-corrected chi connectivity index (χ2v) is 5.54. The van der Waals surface area contributed by atoms with Gasteiger partial charge in [0.25, 0.3) is 0 Å². The Balaban J connectivity index is 1.96. The van der Waals surface area contributed by atoms with Crippen LogP contribution in [0.1, 0.15) is 45.5 Å². The Labute approximate surface area is 120 Å². The minimum absolute atomic E-state index is 0.000813. The number of nitrogens with zero attached hydrogens (tertiary/aromatic N) is 4. The zero-order valence-electron chi connectivity index (χ0n) is 12.6. The predicted octanol–water partition coefficient (Wildman–Crippen LogP) is 1.63. The summed E-state index contributed by atoms with van der Waals surface area (Å²) in [6, 6.07) is 0.304. The molecule has 112 valence electrons. The van der Waals surface area contributed by atoms with E-state index in [1.54, 1.807) is 6.33 Å². The van der Waals surface area contributed by atoms with E-state index < -0.39 is 0 Å². The molecule has 2 heterocycles. The highest BCUT2D eigenvalue weighted by Gasteiger charge is 2.27. The second kappa shape index (κ2) is 6.83. The van der Waals surface area contributed by atoms with Crippen LogP contribution in [0.5, 0.6) is 0 Å². The molecule has 6 heteroatoms. The molecule has 0 saturated carbocycles. The minimum Gasteiger partial charge on any atom is -0.466 e. The van der Waals surface area contributed by atoms with Crippen molar-refractivity contribution in [1.29, 1.82) is 0 Å². The number of carbonyl (C=O) groups is 1. The molecule has 0 aromatic carbocycles. The fraction of sp³-hybridized carbons (Fsp3) is 0.786. The normalized spacial score (nSPS) is 20.3. The summed E-state index contributed by atoms with van der Waals surface area (Å²) in [7, 11) is 0. The molecule has 20 heavy (non-hydrogen) atoms. The van der Waals surface area contributed by atoms with Crippen LogP contribution < -0.4 is 0 Å². The van der Waals surface area contributed by atoms with E-state index in [9.17, 15) is 4.79 Å². The van der Waals surface area contributed by atoms with Gasteiger partial charge in [0.15, 0.2) is 0 Å². The van der Waals surface area contributed by atoms with Crippen LogP contribution in [0.2, 0.25) is 0 Å². The van der Waals surface area contributed by atoms with E-state index in [-0.39, 0.29) is 11.9 Å². The molecule has 1 aliphatic rings. The van der Waals surface area contributed by atoms with Gasteiger partial charge in [-0.1, -0.05) is 0 Å². The summed E-state index contributed by atoms with van der Waals surface area (Å²) in [4.78, 5) is 18.4. The molecule has 6 nitrogen and oxygen atoms in total. The smallest absolute Gasteiger partial charge is 0.310 e. The van der Waals surface area contributed by atoms with Crippen molar-refractivity contribution in [2.75, 3.05) is 19.7 Å². The van der Waals surface area contributed by atoms with E-state index in [4.69, 9.17) is 4.74 Å². The van der Waals surface area contributed by atoms with Crippen LogP contribution in [-0.2, 0) is 16.1 Å². The summed E-state index contributed by atoms with van der Waals surface area (Å²) < 4.78 is 7.07. The number of aromatic nitrogens is 3. The first-order valence-corrected chi connectivity index (χ1v) is 7.39. The average molecular weight is 280 g/mol. The molecule has 1 aromatic heterocycles. The van der Waals surface area contributed by atoms with Crippen molar-refractivity contribution in [3.05, 3.63) is 12.2 Å². The Bertz CT molecular complexity index is 444. The largest absolute Gasteiger partial charge is 0.466 e. The Morgan fingerprint density at radius 3 is 3.05 bits per heavy atom. The van der Waals surface area contributed by atoms with Crippen molar-refractivity contribution in [3.8, 4) is 0 Å². The number of carbonyl (C=O) groups excluding carboxylic acids is 1. The SMILES string of the molecule is CCOC(=O)[C@H]1CCCN(Cc2ncnn2C(C)C)C1. The van der Waals surface area contributed by atoms with Crippen LogP contribution in [-0.4, -0.2) is 45.3 Å². The number of esters is 1. The van der Waals surface area contributed by atoms with Gasteiger partial charge in [-0.3, -0.25) is 9.69 Å². The third-order valence-corrected chi connectivity index (χ3v) is 3.63. The van der Waals surface area contributed by atoms with Gasteiger partial charge >= 0.3 is 5.97 Å². The molecule has 0 spiro atoms. The molecular formula is C14H24N4O2. The molecule has 2 rings (SSSR count). The minimum atomic E-state index is -0.0671. The summed E-state index contributed by atoms with van der Waals surface area (Å²) >= 11 is 0. The molecule has 0 aliphatic carbocycles. The van der Waals surface area contributed by atoms with Crippen LogP contribution in [0.25, 0.3) is 0 Å². The fourth-order valence-corrected chi connectivity index (χ4v) is 2.67. The number of piperidine rings is 1. The molecule has 0 unspecified atom stereocenters. The van der Waals surface area contributed by atoms with Gasteiger partial charge < -0.3 is 4.74 Å². The van der Waals surface area contributed by atoms with Gasteiger partial charge in [0.1, 0.15) is 12.2 Å². The van der Waals surface area contributed by atoms with Crippen molar-refractivity contribution in [2.45, 2.75) is 46.2 Å². The Hall–Kier alpha value is -1.43. The zero-order chi connectivity index (χ0) is 14.5. The van der Waals surface area contributed by atoms with E-state index in [2.05, 4.69) is 28.8 Å². The standard InChI is InChI=1S/C14H24N4O2/c1-4-20-14(19)12-6-5-7-17(8-12)9-13-15-10-16-18(13)11(2)3/h10-12H,4-9H2,1-3H3/t12-/m0/s1. The molecular weight excluding hydrogens is 256 g/mol. The lowest BCUT2D eigenvalue weighted by Crippen LogP contribution is -2.39. The van der Waals surface area contributed by atoms with Crippen LogP contribution in [0, 0.1) is 5.92 Å². The van der Waals surface area contributed by atoms with Crippen LogP contribution in [0.4, 0.5) is 0 Å². The number of ether oxygens (including phenoxy) is 1. The van der Waals surface area contributed by atoms with Crippen molar-refractivity contribution in [1.82, 2.24) is 19.7 Å². The van der Waals surface area contributed by atoms with Gasteiger partial charge in [0.2, 0.25) is 0 Å². The van der Waals surface area contributed by atoms with Gasteiger partial charge in [-0.25, -0.2) is 9.67 Å². The summed E-state index contributed by atoms with van der Waals surface area (Å²) in [5.41, 5.74) is 0.